The summed E-state index contributed by atoms with van der Waals surface area (Å²) in [6, 6.07) is 5.70. The molecule has 19 heavy (non-hydrogen) atoms. The zero-order valence-electron chi connectivity index (χ0n) is 10.1. The van der Waals surface area contributed by atoms with Crippen LogP contribution in [0.15, 0.2) is 24.5 Å². The molecule has 2 aromatic heterocycles. The fourth-order valence-corrected chi connectivity index (χ4v) is 1.55. The summed E-state index contributed by atoms with van der Waals surface area (Å²) in [6.07, 6.45) is 1.52. The van der Waals surface area contributed by atoms with Gasteiger partial charge in [0.15, 0.2) is 6.61 Å². The van der Waals surface area contributed by atoms with Crippen molar-refractivity contribution in [1.29, 1.82) is 0 Å². The molecule has 0 bridgehead atoms. The molecule has 1 aromatic carbocycles. The summed E-state index contributed by atoms with van der Waals surface area (Å²) >= 11 is 0. The second-order valence-corrected chi connectivity index (χ2v) is 3.82. The van der Waals surface area contributed by atoms with E-state index in [0.717, 1.165) is 17.0 Å². The van der Waals surface area contributed by atoms with Crippen LogP contribution in [0, 0.1) is 6.92 Å². The third-order valence-electron chi connectivity index (χ3n) is 2.53. The summed E-state index contributed by atoms with van der Waals surface area (Å²) in [5.74, 6) is 1.21. The molecule has 9 nitrogen and oxygen atoms in total. The first-order chi connectivity index (χ1) is 9.33. The molecule has 0 spiro atoms. The van der Waals surface area contributed by atoms with Gasteiger partial charge in [-0.3, -0.25) is 0 Å². The van der Waals surface area contributed by atoms with Crippen molar-refractivity contribution >= 4 is 0 Å². The smallest absolute Gasteiger partial charge is 0.211 e. The van der Waals surface area contributed by atoms with Crippen molar-refractivity contribution in [2.45, 2.75) is 13.5 Å². The van der Waals surface area contributed by atoms with E-state index in [1.165, 1.54) is 6.33 Å². The average Bonchev–Trinajstić information content (AvgIpc) is 3.11. The van der Waals surface area contributed by atoms with Crippen LogP contribution in [0.5, 0.6) is 5.75 Å². The van der Waals surface area contributed by atoms with Gasteiger partial charge in [0.1, 0.15) is 12.1 Å². The van der Waals surface area contributed by atoms with Crippen LogP contribution in [0.1, 0.15) is 11.4 Å². The lowest BCUT2D eigenvalue weighted by atomic mass is 10.2. The highest BCUT2D eigenvalue weighted by Gasteiger charge is 2.06. The maximum Gasteiger partial charge on any atom is 0.211 e. The topological polar surface area (TPSA) is 107 Å². The highest BCUT2D eigenvalue weighted by molar-refractivity contribution is 5.43. The van der Waals surface area contributed by atoms with E-state index in [-0.39, 0.29) is 6.61 Å². The van der Waals surface area contributed by atoms with Gasteiger partial charge >= 0.3 is 0 Å². The van der Waals surface area contributed by atoms with Crippen LogP contribution >= 0.6 is 0 Å². The Hall–Kier alpha value is -2.84. The monoisotopic (exact) mass is 258 g/mol. The zero-order chi connectivity index (χ0) is 13.1. The number of H-pyrrole nitrogens is 1. The van der Waals surface area contributed by atoms with Gasteiger partial charge in [0.2, 0.25) is 5.82 Å². The van der Waals surface area contributed by atoms with Gasteiger partial charge in [-0.2, -0.15) is 5.21 Å². The normalized spacial score (nSPS) is 10.6. The van der Waals surface area contributed by atoms with Gasteiger partial charge in [-0.1, -0.05) is 11.3 Å². The largest absolute Gasteiger partial charge is 0.485 e. The van der Waals surface area contributed by atoms with Gasteiger partial charge in [0.05, 0.1) is 5.69 Å². The summed E-state index contributed by atoms with van der Waals surface area (Å²) in [7, 11) is 0. The number of aryl methyl sites for hydroxylation is 1. The third-order valence-corrected chi connectivity index (χ3v) is 2.53. The molecule has 96 valence electrons. The number of rotatable bonds is 4. The van der Waals surface area contributed by atoms with Crippen LogP contribution in [0.25, 0.3) is 5.69 Å². The van der Waals surface area contributed by atoms with Gasteiger partial charge in [0, 0.05) is 6.07 Å². The summed E-state index contributed by atoms with van der Waals surface area (Å²) in [6.45, 7) is 2.20. The molecule has 3 aromatic rings. The van der Waals surface area contributed by atoms with Crippen LogP contribution in [-0.4, -0.2) is 40.8 Å². The minimum Gasteiger partial charge on any atom is -0.485 e. The van der Waals surface area contributed by atoms with E-state index in [2.05, 4.69) is 36.1 Å². The number of hydrogen-bond acceptors (Lipinski definition) is 7. The summed E-state index contributed by atoms with van der Waals surface area (Å²) in [5.41, 5.74) is 1.82. The van der Waals surface area contributed by atoms with Gasteiger partial charge in [0.25, 0.3) is 0 Å². The van der Waals surface area contributed by atoms with Crippen molar-refractivity contribution in [2.75, 3.05) is 0 Å². The molecule has 1 N–H and O–H groups in total. The van der Waals surface area contributed by atoms with Crippen LogP contribution in [0.3, 0.4) is 0 Å². The molecule has 0 saturated heterocycles. The van der Waals surface area contributed by atoms with E-state index in [1.807, 2.05) is 25.1 Å². The molecule has 0 unspecified atom stereocenters. The Labute approximate surface area is 107 Å². The SMILES string of the molecule is Cc1ccc(-n2cnnn2)cc1OCc1nn[nH]n1. The molecule has 9 heteroatoms. The number of nitrogens with one attached hydrogen (secondary N) is 1. The molecular formula is C10H10N8O. The number of benzene rings is 1. The molecule has 0 aliphatic rings. The van der Waals surface area contributed by atoms with E-state index in [0.29, 0.717) is 5.82 Å². The maximum absolute atomic E-state index is 5.65. The first-order valence-electron chi connectivity index (χ1n) is 5.52. The summed E-state index contributed by atoms with van der Waals surface area (Å²) < 4.78 is 7.21. The van der Waals surface area contributed by atoms with Gasteiger partial charge < -0.3 is 4.74 Å². The number of tetrazole rings is 2. The molecule has 3 rings (SSSR count). The molecule has 0 fully saturated rings. The number of aromatic amines is 1. The lowest BCUT2D eigenvalue weighted by molar-refractivity contribution is 0.294. The minimum absolute atomic E-state index is 0.246. The molecule has 2 heterocycles. The van der Waals surface area contributed by atoms with Crippen LogP contribution in [0.2, 0.25) is 0 Å². The Morgan fingerprint density at radius 1 is 1.37 bits per heavy atom. The van der Waals surface area contributed by atoms with Gasteiger partial charge in [-0.05, 0) is 29.0 Å². The van der Waals surface area contributed by atoms with Crippen LogP contribution in [-0.2, 0) is 6.61 Å². The number of nitrogens with zero attached hydrogens (tertiary/aromatic N) is 7. The Morgan fingerprint density at radius 3 is 3.05 bits per heavy atom. The second-order valence-electron chi connectivity index (χ2n) is 3.82. The zero-order valence-corrected chi connectivity index (χ0v) is 10.1. The van der Waals surface area contributed by atoms with Crippen molar-refractivity contribution in [3.8, 4) is 11.4 Å². The van der Waals surface area contributed by atoms with Crippen molar-refractivity contribution < 1.29 is 4.74 Å². The Bertz CT molecular complexity index is 648. The number of aromatic nitrogens is 8. The lowest BCUT2D eigenvalue weighted by Gasteiger charge is -2.09. The Morgan fingerprint density at radius 2 is 2.32 bits per heavy atom. The lowest BCUT2D eigenvalue weighted by Crippen LogP contribution is -2.01. The second kappa shape index (κ2) is 4.80. The summed E-state index contributed by atoms with van der Waals surface area (Å²) in [4.78, 5) is 0. The van der Waals surface area contributed by atoms with E-state index in [4.69, 9.17) is 4.74 Å². The van der Waals surface area contributed by atoms with E-state index >= 15 is 0 Å². The van der Waals surface area contributed by atoms with Gasteiger partial charge in [-0.25, -0.2) is 4.68 Å². The molecule has 0 amide bonds. The highest BCUT2D eigenvalue weighted by atomic mass is 16.5. The van der Waals surface area contributed by atoms with Gasteiger partial charge in [-0.15, -0.1) is 15.3 Å². The standard InChI is InChI=1S/C10H10N8O/c1-7-2-3-8(18-6-11-14-17-18)4-9(7)19-5-10-12-15-16-13-10/h2-4,6H,5H2,1H3,(H,12,13,15,16). The third kappa shape index (κ3) is 2.39. The van der Waals surface area contributed by atoms with Crippen molar-refractivity contribution in [3.63, 3.8) is 0 Å². The predicted octanol–water partition coefficient (Wildman–Crippen LogP) is 0.0628. The molecular weight excluding hydrogens is 248 g/mol. The van der Waals surface area contributed by atoms with Crippen LogP contribution < -0.4 is 4.74 Å². The van der Waals surface area contributed by atoms with Crippen molar-refractivity contribution in [3.05, 3.63) is 35.9 Å². The molecule has 0 atom stereocenters. The minimum atomic E-state index is 0.246. The Balaban J connectivity index is 1.82. The quantitative estimate of drug-likeness (QED) is 0.705. The average molecular weight is 258 g/mol. The van der Waals surface area contributed by atoms with E-state index in [9.17, 15) is 0 Å². The number of hydrogen-bond donors (Lipinski definition) is 1. The molecule has 0 radical (unpaired) electrons. The van der Waals surface area contributed by atoms with Crippen molar-refractivity contribution in [2.24, 2.45) is 0 Å². The number of ether oxygens (including phenoxy) is 1. The Kier molecular flexibility index (Phi) is 2.85. The fourth-order valence-electron chi connectivity index (χ4n) is 1.55. The van der Waals surface area contributed by atoms with Crippen LogP contribution in [0.4, 0.5) is 0 Å². The first-order valence-corrected chi connectivity index (χ1v) is 5.52. The summed E-state index contributed by atoms with van der Waals surface area (Å²) in [5, 5.41) is 24.5. The first kappa shape index (κ1) is 11.3. The highest BCUT2D eigenvalue weighted by Crippen LogP contribution is 2.21. The molecule has 0 saturated carbocycles. The molecule has 0 aliphatic carbocycles. The maximum atomic E-state index is 5.65. The van der Waals surface area contributed by atoms with Crippen molar-refractivity contribution in [1.82, 2.24) is 40.8 Å². The molecule has 0 aliphatic heterocycles. The van der Waals surface area contributed by atoms with E-state index in [1.54, 1.807) is 4.68 Å². The van der Waals surface area contributed by atoms with E-state index < -0.39 is 0 Å². The predicted molar refractivity (Wildman–Crippen MR) is 62.4 cm³/mol. The fraction of sp³-hybridized carbons (Fsp3) is 0.200.